The molecule has 1 aliphatic rings. The van der Waals surface area contributed by atoms with Gasteiger partial charge in [-0.25, -0.2) is 4.39 Å². The van der Waals surface area contributed by atoms with Crippen molar-refractivity contribution in [2.45, 2.75) is 69.2 Å². The van der Waals surface area contributed by atoms with Gasteiger partial charge >= 0.3 is 6.18 Å². The van der Waals surface area contributed by atoms with Crippen LogP contribution < -0.4 is 10.6 Å². The number of nitrogens with one attached hydrogen (secondary N) is 2. The molecule has 0 aromatic heterocycles. The van der Waals surface area contributed by atoms with Crippen LogP contribution in [0.5, 0.6) is 0 Å². The van der Waals surface area contributed by atoms with Crippen LogP contribution in [0.1, 0.15) is 55.2 Å². The molecule has 1 saturated carbocycles. The number of alkyl halides is 3. The van der Waals surface area contributed by atoms with Crippen molar-refractivity contribution in [2.24, 2.45) is 0 Å². The van der Waals surface area contributed by atoms with Gasteiger partial charge in [-0.2, -0.15) is 13.2 Å². The first-order valence-corrected chi connectivity index (χ1v) is 12.6. The average molecular weight is 542 g/mol. The molecule has 202 valence electrons. The van der Waals surface area contributed by atoms with Crippen LogP contribution in [0.4, 0.5) is 17.6 Å². The molecule has 1 fully saturated rings. The summed E-state index contributed by atoms with van der Waals surface area (Å²) in [6.45, 7) is -0.189. The predicted molar refractivity (Wildman–Crippen MR) is 134 cm³/mol. The Morgan fingerprint density at radius 2 is 1.70 bits per heavy atom. The normalized spacial score (nSPS) is 20.1. The molecule has 0 bridgehead atoms. The predicted octanol–water partition coefficient (Wildman–Crippen LogP) is 5.50. The molecule has 2 aromatic rings. The van der Waals surface area contributed by atoms with E-state index in [4.69, 9.17) is 11.6 Å². The molecule has 37 heavy (non-hydrogen) atoms. The van der Waals surface area contributed by atoms with E-state index in [1.807, 2.05) is 18.2 Å². The number of rotatable bonds is 9. The number of benzene rings is 2. The number of nitrogens with zero attached hydrogens (tertiary/aromatic N) is 1. The maximum Gasteiger partial charge on any atom is 0.419 e. The largest absolute Gasteiger partial charge is 0.419 e. The topological polar surface area (TPSA) is 61.4 Å². The van der Waals surface area contributed by atoms with Crippen LogP contribution in [0.3, 0.4) is 0 Å². The molecule has 2 amide bonds. The number of halogens is 5. The fourth-order valence-corrected chi connectivity index (χ4v) is 5.04. The van der Waals surface area contributed by atoms with E-state index in [9.17, 15) is 27.2 Å². The van der Waals surface area contributed by atoms with Crippen molar-refractivity contribution in [3.8, 4) is 0 Å². The van der Waals surface area contributed by atoms with Crippen molar-refractivity contribution in [2.75, 3.05) is 14.1 Å². The lowest BCUT2D eigenvalue weighted by molar-refractivity contribution is -0.140. The van der Waals surface area contributed by atoms with Gasteiger partial charge in [-0.15, -0.1) is 0 Å². The van der Waals surface area contributed by atoms with Crippen LogP contribution in [0.25, 0.3) is 0 Å². The fourth-order valence-electron chi connectivity index (χ4n) is 4.82. The molecule has 0 radical (unpaired) electrons. The van der Waals surface area contributed by atoms with Crippen LogP contribution in [-0.2, 0) is 28.7 Å². The maximum atomic E-state index is 13.4. The highest BCUT2D eigenvalue weighted by molar-refractivity contribution is 6.30. The Bertz CT molecular complexity index is 1100. The summed E-state index contributed by atoms with van der Waals surface area (Å²) in [6.07, 6.45) is -0.664. The molecule has 0 heterocycles. The highest BCUT2D eigenvalue weighted by Gasteiger charge is 2.38. The van der Waals surface area contributed by atoms with Crippen LogP contribution in [-0.4, -0.2) is 42.4 Å². The zero-order valence-corrected chi connectivity index (χ0v) is 21.7. The number of carbonyl (C=O) groups excluding carboxylic acids is 2. The quantitative estimate of drug-likeness (QED) is 0.412. The van der Waals surface area contributed by atoms with E-state index in [0.717, 1.165) is 38.2 Å². The van der Waals surface area contributed by atoms with E-state index in [0.29, 0.717) is 11.1 Å². The van der Waals surface area contributed by atoms with Gasteiger partial charge in [0.2, 0.25) is 11.8 Å². The standard InChI is InChI=1S/C27H32ClF4N3O2/c1-35(2)26(16-18-4-3-5-20(28)14-18)12-10-21(11-13-26)34-25(37)9-8-24(36)33-17-19-6-7-23(29)22(15-19)27(30,31)32/h3-7,14-15,21H,8-13,16-17H2,1-2H3,(H,33,36)(H,34,37). The minimum Gasteiger partial charge on any atom is -0.353 e. The number of carbonyl (C=O) groups is 2. The Morgan fingerprint density at radius 3 is 2.32 bits per heavy atom. The van der Waals surface area contributed by atoms with Crippen LogP contribution in [0.15, 0.2) is 42.5 Å². The zero-order chi connectivity index (χ0) is 27.2. The first kappa shape index (κ1) is 28.9. The van der Waals surface area contributed by atoms with E-state index in [1.165, 1.54) is 11.6 Å². The summed E-state index contributed by atoms with van der Waals surface area (Å²) in [5, 5.41) is 6.19. The molecule has 0 spiro atoms. The fraction of sp³-hybridized carbons (Fsp3) is 0.481. The van der Waals surface area contributed by atoms with Gasteiger partial charge in [-0.05, 0) is 81.6 Å². The Kier molecular flexibility index (Phi) is 9.58. The third kappa shape index (κ3) is 8.17. The summed E-state index contributed by atoms with van der Waals surface area (Å²) in [5.74, 6) is -2.08. The van der Waals surface area contributed by atoms with Gasteiger partial charge in [0.05, 0.1) is 5.56 Å². The Balaban J connectivity index is 1.43. The second-order valence-corrected chi connectivity index (χ2v) is 10.3. The number of likely N-dealkylation sites (N-methyl/N-ethyl adjacent to an activating group) is 1. The molecule has 0 atom stereocenters. The Hall–Kier alpha value is -2.65. The summed E-state index contributed by atoms with van der Waals surface area (Å²) < 4.78 is 51.9. The third-order valence-corrected chi connectivity index (χ3v) is 7.29. The summed E-state index contributed by atoms with van der Waals surface area (Å²) in [5.41, 5.74) is -0.115. The first-order chi connectivity index (χ1) is 17.4. The highest BCUT2D eigenvalue weighted by Crippen LogP contribution is 2.36. The second kappa shape index (κ2) is 12.3. The van der Waals surface area contributed by atoms with Gasteiger partial charge in [-0.3, -0.25) is 9.59 Å². The van der Waals surface area contributed by atoms with Crippen LogP contribution in [0.2, 0.25) is 5.02 Å². The molecule has 10 heteroatoms. The van der Waals surface area contributed by atoms with E-state index in [1.54, 1.807) is 0 Å². The maximum absolute atomic E-state index is 13.4. The lowest BCUT2D eigenvalue weighted by Crippen LogP contribution is -2.52. The van der Waals surface area contributed by atoms with Gasteiger partial charge in [0.15, 0.2) is 0 Å². The van der Waals surface area contributed by atoms with Crippen molar-refractivity contribution in [1.82, 2.24) is 15.5 Å². The van der Waals surface area contributed by atoms with Crippen molar-refractivity contribution in [3.05, 3.63) is 70.0 Å². The van der Waals surface area contributed by atoms with Crippen LogP contribution >= 0.6 is 11.6 Å². The lowest BCUT2D eigenvalue weighted by Gasteiger charge is -2.45. The van der Waals surface area contributed by atoms with E-state index in [-0.39, 0.29) is 42.4 Å². The molecule has 3 rings (SSSR count). The SMILES string of the molecule is CN(C)C1(Cc2cccc(Cl)c2)CCC(NC(=O)CCC(=O)NCc2ccc(F)c(C(F)(F)F)c2)CC1. The van der Waals surface area contributed by atoms with Crippen molar-refractivity contribution in [3.63, 3.8) is 0 Å². The molecular weight excluding hydrogens is 510 g/mol. The van der Waals surface area contributed by atoms with Crippen molar-refractivity contribution >= 4 is 23.4 Å². The monoisotopic (exact) mass is 541 g/mol. The minimum atomic E-state index is -4.82. The first-order valence-electron chi connectivity index (χ1n) is 12.2. The average Bonchev–Trinajstić information content (AvgIpc) is 2.82. The molecular formula is C27H32ClF4N3O2. The number of hydrogen-bond donors (Lipinski definition) is 2. The summed E-state index contributed by atoms with van der Waals surface area (Å²) in [7, 11) is 4.13. The van der Waals surface area contributed by atoms with E-state index >= 15 is 0 Å². The molecule has 1 aliphatic carbocycles. The van der Waals surface area contributed by atoms with Gasteiger partial charge in [-0.1, -0.05) is 29.8 Å². The number of amides is 2. The van der Waals surface area contributed by atoms with E-state index < -0.39 is 23.5 Å². The molecule has 5 nitrogen and oxygen atoms in total. The van der Waals surface area contributed by atoms with Gasteiger partial charge < -0.3 is 15.5 Å². The van der Waals surface area contributed by atoms with Crippen molar-refractivity contribution < 1.29 is 27.2 Å². The second-order valence-electron chi connectivity index (χ2n) is 9.86. The lowest BCUT2D eigenvalue weighted by atomic mass is 9.75. The molecule has 2 N–H and O–H groups in total. The smallest absolute Gasteiger partial charge is 0.353 e. The van der Waals surface area contributed by atoms with Crippen molar-refractivity contribution in [1.29, 1.82) is 0 Å². The highest BCUT2D eigenvalue weighted by atomic mass is 35.5. The number of hydrogen-bond acceptors (Lipinski definition) is 3. The van der Waals surface area contributed by atoms with Gasteiger partial charge in [0, 0.05) is 36.0 Å². The molecule has 0 unspecified atom stereocenters. The summed E-state index contributed by atoms with van der Waals surface area (Å²) in [4.78, 5) is 26.8. The third-order valence-electron chi connectivity index (χ3n) is 7.06. The molecule has 0 saturated heterocycles. The Labute approximate surface area is 219 Å². The zero-order valence-electron chi connectivity index (χ0n) is 20.9. The van der Waals surface area contributed by atoms with Gasteiger partial charge in [0.25, 0.3) is 0 Å². The van der Waals surface area contributed by atoms with Gasteiger partial charge in [0.1, 0.15) is 5.82 Å². The molecule has 0 aliphatic heterocycles. The summed E-state index contributed by atoms with van der Waals surface area (Å²) >= 11 is 6.15. The van der Waals surface area contributed by atoms with Crippen LogP contribution in [0, 0.1) is 5.82 Å². The minimum absolute atomic E-state index is 0.0167. The molecule has 2 aromatic carbocycles. The van der Waals surface area contributed by atoms with E-state index in [2.05, 4.69) is 35.7 Å². The summed E-state index contributed by atoms with van der Waals surface area (Å²) in [6, 6.07) is 10.4. The Morgan fingerprint density at radius 1 is 1.03 bits per heavy atom.